The van der Waals surface area contributed by atoms with Crippen LogP contribution in [-0.4, -0.2) is 67.4 Å². The van der Waals surface area contributed by atoms with Crippen LogP contribution in [0.25, 0.3) is 0 Å². The number of rotatable bonds is 7. The van der Waals surface area contributed by atoms with Crippen LogP contribution in [0.4, 0.5) is 0 Å². The molecule has 1 unspecified atom stereocenters. The van der Waals surface area contributed by atoms with E-state index in [1.807, 2.05) is 0 Å². The summed E-state index contributed by atoms with van der Waals surface area (Å²) in [6, 6.07) is 3.57. The fourth-order valence-corrected chi connectivity index (χ4v) is 4.16. The Morgan fingerprint density at radius 2 is 2.04 bits per heavy atom. The van der Waals surface area contributed by atoms with E-state index >= 15 is 0 Å². The van der Waals surface area contributed by atoms with Crippen molar-refractivity contribution < 1.29 is 14.3 Å². The van der Waals surface area contributed by atoms with Gasteiger partial charge in [0.15, 0.2) is 5.96 Å². The lowest BCUT2D eigenvalue weighted by Gasteiger charge is -2.47. The number of aliphatic hydroxyl groups excluding tert-OH is 1. The third-order valence-corrected chi connectivity index (χ3v) is 5.68. The zero-order valence-corrected chi connectivity index (χ0v) is 16.5. The third kappa shape index (κ3) is 5.46. The average molecular weight is 379 g/mol. The van der Waals surface area contributed by atoms with Crippen molar-refractivity contribution >= 4 is 5.96 Å². The number of furan rings is 1. The topological polar surface area (TPSA) is 82.3 Å². The molecule has 2 heterocycles. The average Bonchev–Trinajstić information content (AvgIpc) is 3.26. The Balaban J connectivity index is 1.63. The summed E-state index contributed by atoms with van der Waals surface area (Å²) in [5.74, 6) is 1.32. The minimum Gasteiger partial charge on any atom is -0.467 e. The van der Waals surface area contributed by atoms with Crippen LogP contribution in [-0.2, 0) is 4.74 Å². The van der Waals surface area contributed by atoms with Crippen molar-refractivity contribution in [2.45, 2.75) is 50.7 Å². The maximum atomic E-state index is 10.2. The summed E-state index contributed by atoms with van der Waals surface area (Å²) in [7, 11) is 0. The number of aliphatic hydroxyl groups is 1. The molecule has 2 fully saturated rings. The van der Waals surface area contributed by atoms with Gasteiger partial charge in [-0.1, -0.05) is 19.3 Å². The Labute approximate surface area is 162 Å². The van der Waals surface area contributed by atoms with Crippen LogP contribution in [0.3, 0.4) is 0 Å². The zero-order chi connectivity index (χ0) is 19.0. The van der Waals surface area contributed by atoms with Crippen LogP contribution in [0.5, 0.6) is 0 Å². The molecule has 2 aliphatic rings. The summed E-state index contributed by atoms with van der Waals surface area (Å²) in [6.07, 6.45) is 7.15. The Kier molecular flexibility index (Phi) is 7.55. The normalized spacial score (nSPS) is 22.4. The van der Waals surface area contributed by atoms with Gasteiger partial charge in [0.1, 0.15) is 11.9 Å². The summed E-state index contributed by atoms with van der Waals surface area (Å²) in [4.78, 5) is 7.51. The lowest BCUT2D eigenvalue weighted by molar-refractivity contribution is -0.0333. The number of guanidine groups is 1. The predicted molar refractivity (Wildman–Crippen MR) is 106 cm³/mol. The van der Waals surface area contributed by atoms with E-state index in [9.17, 15) is 5.11 Å². The number of hydrogen-bond acceptors (Lipinski definition) is 5. The van der Waals surface area contributed by atoms with E-state index in [0.717, 1.165) is 45.4 Å². The zero-order valence-electron chi connectivity index (χ0n) is 16.5. The van der Waals surface area contributed by atoms with Crippen molar-refractivity contribution in [1.29, 1.82) is 0 Å². The third-order valence-electron chi connectivity index (χ3n) is 5.68. The number of nitrogens with one attached hydrogen (secondary N) is 2. The number of hydrogen-bond donors (Lipinski definition) is 3. The van der Waals surface area contributed by atoms with E-state index in [1.165, 1.54) is 32.1 Å². The van der Waals surface area contributed by atoms with Crippen molar-refractivity contribution in [2.24, 2.45) is 4.99 Å². The quantitative estimate of drug-likeness (QED) is 0.497. The molecule has 3 rings (SSSR count). The number of ether oxygens (including phenoxy) is 1. The first-order valence-electron chi connectivity index (χ1n) is 10.3. The lowest BCUT2D eigenvalue weighted by Crippen LogP contribution is -2.56. The highest BCUT2D eigenvalue weighted by atomic mass is 16.5. The van der Waals surface area contributed by atoms with Crippen molar-refractivity contribution in [3.63, 3.8) is 0 Å². The first kappa shape index (κ1) is 20.2. The van der Waals surface area contributed by atoms with Gasteiger partial charge in [0, 0.05) is 25.2 Å². The fraction of sp³-hybridized carbons (Fsp3) is 0.750. The van der Waals surface area contributed by atoms with Crippen LogP contribution >= 0.6 is 0 Å². The van der Waals surface area contributed by atoms with Gasteiger partial charge >= 0.3 is 0 Å². The Bertz CT molecular complexity index is 564. The maximum Gasteiger partial charge on any atom is 0.191 e. The van der Waals surface area contributed by atoms with Crippen molar-refractivity contribution in [3.8, 4) is 0 Å². The van der Waals surface area contributed by atoms with Gasteiger partial charge in [0.05, 0.1) is 32.6 Å². The molecule has 0 amide bonds. The molecule has 27 heavy (non-hydrogen) atoms. The molecule has 0 bridgehead atoms. The molecular formula is C20H34N4O3. The number of aliphatic imine (C=N–C) groups is 1. The summed E-state index contributed by atoms with van der Waals surface area (Å²) in [5, 5.41) is 16.8. The highest BCUT2D eigenvalue weighted by molar-refractivity contribution is 5.79. The highest BCUT2D eigenvalue weighted by Gasteiger charge is 2.38. The summed E-state index contributed by atoms with van der Waals surface area (Å²) >= 11 is 0. The van der Waals surface area contributed by atoms with Gasteiger partial charge in [-0.25, -0.2) is 0 Å². The molecule has 152 valence electrons. The summed E-state index contributed by atoms with van der Waals surface area (Å²) in [5.41, 5.74) is 0.143. The highest BCUT2D eigenvalue weighted by Crippen LogP contribution is 2.34. The van der Waals surface area contributed by atoms with Crippen LogP contribution in [0.1, 0.15) is 50.9 Å². The molecule has 1 saturated carbocycles. The molecular weight excluding hydrogens is 344 g/mol. The van der Waals surface area contributed by atoms with Crippen molar-refractivity contribution in [1.82, 2.24) is 15.5 Å². The van der Waals surface area contributed by atoms with Gasteiger partial charge in [0.2, 0.25) is 0 Å². The number of morpholine rings is 1. The molecule has 1 aliphatic carbocycles. The summed E-state index contributed by atoms with van der Waals surface area (Å²) in [6.45, 7) is 7.61. The lowest BCUT2D eigenvalue weighted by atomic mass is 9.80. The van der Waals surface area contributed by atoms with E-state index in [2.05, 4.69) is 22.5 Å². The van der Waals surface area contributed by atoms with E-state index in [1.54, 1.807) is 18.4 Å². The second-order valence-corrected chi connectivity index (χ2v) is 7.49. The van der Waals surface area contributed by atoms with Gasteiger partial charge in [-0.05, 0) is 31.9 Å². The second kappa shape index (κ2) is 10.1. The monoisotopic (exact) mass is 378 g/mol. The molecule has 0 aromatic carbocycles. The molecule has 1 saturated heterocycles. The van der Waals surface area contributed by atoms with Gasteiger partial charge in [-0.15, -0.1) is 0 Å². The van der Waals surface area contributed by atoms with Gasteiger partial charge in [-0.2, -0.15) is 0 Å². The molecule has 7 nitrogen and oxygen atoms in total. The second-order valence-electron chi connectivity index (χ2n) is 7.49. The Hall–Kier alpha value is -1.57. The molecule has 1 atom stereocenters. The predicted octanol–water partition coefficient (Wildman–Crippen LogP) is 1.90. The first-order chi connectivity index (χ1) is 13.2. The van der Waals surface area contributed by atoms with E-state index in [4.69, 9.17) is 14.1 Å². The minimum absolute atomic E-state index is 0.143. The molecule has 0 radical (unpaired) electrons. The van der Waals surface area contributed by atoms with Gasteiger partial charge in [0.25, 0.3) is 0 Å². The standard InChI is InChI=1S/C20H34N4O3/c1-2-21-19(22-15-17(25)18-7-6-12-27-18)23-16-20(8-4-3-5-9-20)24-10-13-26-14-11-24/h6-7,12,17,25H,2-5,8-11,13-16H2,1H3,(H2,21,22,23). The molecule has 1 aromatic rings. The molecule has 7 heteroatoms. The Morgan fingerprint density at radius 3 is 2.70 bits per heavy atom. The largest absolute Gasteiger partial charge is 0.467 e. The van der Waals surface area contributed by atoms with E-state index < -0.39 is 6.10 Å². The van der Waals surface area contributed by atoms with Gasteiger partial charge in [-0.3, -0.25) is 9.89 Å². The molecule has 1 aromatic heterocycles. The van der Waals surface area contributed by atoms with Crippen LogP contribution in [0.15, 0.2) is 27.8 Å². The van der Waals surface area contributed by atoms with Crippen LogP contribution < -0.4 is 10.6 Å². The number of nitrogens with zero attached hydrogens (tertiary/aromatic N) is 2. The van der Waals surface area contributed by atoms with Crippen LogP contribution in [0.2, 0.25) is 0 Å². The minimum atomic E-state index is -0.688. The molecule has 1 aliphatic heterocycles. The van der Waals surface area contributed by atoms with Crippen molar-refractivity contribution in [3.05, 3.63) is 24.2 Å². The smallest absolute Gasteiger partial charge is 0.191 e. The fourth-order valence-electron chi connectivity index (χ4n) is 4.16. The van der Waals surface area contributed by atoms with E-state index in [0.29, 0.717) is 12.3 Å². The molecule has 0 spiro atoms. The maximum absolute atomic E-state index is 10.2. The SMILES string of the molecule is CCNC(=NCC1(N2CCOCC2)CCCCC1)NCC(O)c1ccco1. The first-order valence-corrected chi connectivity index (χ1v) is 10.3. The molecule has 3 N–H and O–H groups in total. The Morgan fingerprint density at radius 1 is 1.26 bits per heavy atom. The van der Waals surface area contributed by atoms with E-state index in [-0.39, 0.29) is 5.54 Å². The van der Waals surface area contributed by atoms with Crippen molar-refractivity contribution in [2.75, 3.05) is 45.9 Å². The summed E-state index contributed by atoms with van der Waals surface area (Å²) < 4.78 is 10.8. The van der Waals surface area contributed by atoms with Gasteiger partial charge < -0.3 is 24.9 Å². The van der Waals surface area contributed by atoms with Crippen LogP contribution in [0, 0.1) is 0 Å².